The van der Waals surface area contributed by atoms with Gasteiger partial charge in [0.2, 0.25) is 5.91 Å². The van der Waals surface area contributed by atoms with Crippen molar-refractivity contribution in [2.24, 2.45) is 0 Å². The second-order valence-electron chi connectivity index (χ2n) is 7.73. The van der Waals surface area contributed by atoms with Crippen molar-refractivity contribution < 1.29 is 13.2 Å². The van der Waals surface area contributed by atoms with Crippen molar-refractivity contribution >= 4 is 50.7 Å². The fourth-order valence-electron chi connectivity index (χ4n) is 3.73. The predicted octanol–water partition coefficient (Wildman–Crippen LogP) is 5.24. The quantitative estimate of drug-likeness (QED) is 0.275. The van der Waals surface area contributed by atoms with Gasteiger partial charge in [0.05, 0.1) is 29.9 Å². The highest BCUT2D eigenvalue weighted by Gasteiger charge is 2.37. The lowest BCUT2D eigenvalue weighted by Crippen LogP contribution is -2.34. The van der Waals surface area contributed by atoms with Crippen molar-refractivity contribution in [3.63, 3.8) is 0 Å². The van der Waals surface area contributed by atoms with Gasteiger partial charge >= 0.3 is 0 Å². The highest BCUT2D eigenvalue weighted by atomic mass is 35.5. The van der Waals surface area contributed by atoms with Gasteiger partial charge in [0.15, 0.2) is 5.16 Å². The Bertz CT molecular complexity index is 1500. The number of nitrogens with zero attached hydrogens (tertiary/aromatic N) is 3. The number of carbonyl (C=O) groups is 1. The Kier molecular flexibility index (Phi) is 6.46. The van der Waals surface area contributed by atoms with E-state index in [1.807, 2.05) is 48.5 Å². The summed E-state index contributed by atoms with van der Waals surface area (Å²) < 4.78 is 28.5. The highest BCUT2D eigenvalue weighted by molar-refractivity contribution is 7.99. The van der Waals surface area contributed by atoms with Gasteiger partial charge in [0.1, 0.15) is 4.90 Å². The smallest absolute Gasteiger partial charge is 0.268 e. The number of nitrogens with one attached hydrogen (secondary N) is 1. The third-order valence-electron chi connectivity index (χ3n) is 5.34. The van der Waals surface area contributed by atoms with Gasteiger partial charge in [-0.05, 0) is 35.9 Å². The number of halogens is 1. The molecule has 0 atom stereocenters. The van der Waals surface area contributed by atoms with Crippen LogP contribution >= 0.6 is 23.4 Å². The van der Waals surface area contributed by atoms with Crippen LogP contribution in [0.5, 0.6) is 0 Å². The van der Waals surface area contributed by atoms with Crippen LogP contribution in [-0.4, -0.2) is 30.0 Å². The molecular formula is C25H19ClN4O3S2. The van der Waals surface area contributed by atoms with Crippen LogP contribution in [0.25, 0.3) is 11.3 Å². The van der Waals surface area contributed by atoms with Gasteiger partial charge in [0.25, 0.3) is 10.0 Å². The lowest BCUT2D eigenvalue weighted by molar-refractivity contribution is -0.113. The monoisotopic (exact) mass is 522 g/mol. The summed E-state index contributed by atoms with van der Waals surface area (Å²) in [5, 5.41) is 3.53. The maximum atomic E-state index is 13.6. The van der Waals surface area contributed by atoms with Crippen molar-refractivity contribution in [3.8, 4) is 11.3 Å². The van der Waals surface area contributed by atoms with Crippen LogP contribution in [0.1, 0.15) is 5.56 Å². The third-order valence-corrected chi connectivity index (χ3v) is 8.20. The fraction of sp³-hybridized carbons (Fsp3) is 0.0800. The van der Waals surface area contributed by atoms with Crippen LogP contribution in [0, 0.1) is 0 Å². The van der Waals surface area contributed by atoms with E-state index >= 15 is 0 Å². The topological polar surface area (TPSA) is 92.3 Å². The maximum absolute atomic E-state index is 13.6. The van der Waals surface area contributed by atoms with Crippen molar-refractivity contribution in [1.29, 1.82) is 0 Å². The van der Waals surface area contributed by atoms with Crippen LogP contribution in [0.15, 0.2) is 95.1 Å². The molecule has 1 aliphatic heterocycles. The molecule has 5 rings (SSSR count). The van der Waals surface area contributed by atoms with E-state index in [9.17, 15) is 13.2 Å². The third kappa shape index (κ3) is 4.88. The van der Waals surface area contributed by atoms with E-state index in [0.29, 0.717) is 32.8 Å². The lowest BCUT2D eigenvalue weighted by Gasteiger charge is -2.31. The lowest BCUT2D eigenvalue weighted by atomic mass is 10.1. The van der Waals surface area contributed by atoms with E-state index in [2.05, 4.69) is 15.3 Å². The molecule has 0 saturated carbocycles. The zero-order chi connectivity index (χ0) is 24.4. The Balaban J connectivity index is 1.45. The number of hydrogen-bond donors (Lipinski definition) is 1. The summed E-state index contributed by atoms with van der Waals surface area (Å²) in [7, 11) is -3.94. The van der Waals surface area contributed by atoms with Gasteiger partial charge in [-0.1, -0.05) is 71.9 Å². The van der Waals surface area contributed by atoms with Crippen LogP contribution in [0.2, 0.25) is 5.02 Å². The number of carbonyl (C=O) groups excluding carboxylic acids is 1. The molecular weight excluding hydrogens is 504 g/mol. The summed E-state index contributed by atoms with van der Waals surface area (Å²) in [4.78, 5) is 21.1. The molecule has 176 valence electrons. The van der Waals surface area contributed by atoms with E-state index in [1.165, 1.54) is 10.5 Å². The van der Waals surface area contributed by atoms with Crippen molar-refractivity contribution in [2.45, 2.75) is 16.6 Å². The van der Waals surface area contributed by atoms with Crippen molar-refractivity contribution in [1.82, 2.24) is 9.97 Å². The van der Waals surface area contributed by atoms with Gasteiger partial charge in [-0.25, -0.2) is 18.4 Å². The van der Waals surface area contributed by atoms with Gasteiger partial charge < -0.3 is 5.32 Å². The highest BCUT2D eigenvalue weighted by Crippen LogP contribution is 2.44. The summed E-state index contributed by atoms with van der Waals surface area (Å²) in [5.74, 6) is -0.134. The number of hydrogen-bond acceptors (Lipinski definition) is 6. The van der Waals surface area contributed by atoms with E-state index in [0.717, 1.165) is 17.3 Å². The molecule has 0 saturated heterocycles. The Morgan fingerprint density at radius 1 is 1.00 bits per heavy atom. The number of para-hydroxylation sites is 1. The van der Waals surface area contributed by atoms with Crippen LogP contribution in [0.4, 0.5) is 11.4 Å². The normalized spacial score (nSPS) is 13.6. The number of thioether (sulfide) groups is 1. The molecule has 0 spiro atoms. The zero-order valence-electron chi connectivity index (χ0n) is 18.3. The average molecular weight is 523 g/mol. The van der Waals surface area contributed by atoms with Crippen LogP contribution in [0.3, 0.4) is 0 Å². The Morgan fingerprint density at radius 3 is 2.46 bits per heavy atom. The van der Waals surface area contributed by atoms with Gasteiger partial charge in [-0.15, -0.1) is 0 Å². The molecule has 1 aliphatic rings. The number of anilines is 2. The molecule has 3 aromatic carbocycles. The SMILES string of the molecule is O=C(CSc1ncc2c(n1)-c1ccc(Cl)cc1N(Cc1ccccc1)S2(=O)=O)Nc1ccccc1. The standard InChI is InChI=1S/C25H19ClN4O3S2/c26-18-11-12-20-21(13-18)30(15-17-7-3-1-4-8-17)35(32,33)22-14-27-25(29-24(20)22)34-16-23(31)28-19-9-5-2-6-10-19/h1-14H,15-16H2,(H,28,31). The van der Waals surface area contributed by atoms with Gasteiger partial charge in [-0.2, -0.15) is 0 Å². The molecule has 0 aliphatic carbocycles. The molecule has 1 amide bonds. The number of benzene rings is 3. The first-order valence-electron chi connectivity index (χ1n) is 10.6. The number of amides is 1. The molecule has 1 N–H and O–H groups in total. The van der Waals surface area contributed by atoms with Crippen molar-refractivity contribution in [2.75, 3.05) is 15.4 Å². The fourth-order valence-corrected chi connectivity index (χ4v) is 6.07. The molecule has 0 fully saturated rings. The molecule has 0 unspecified atom stereocenters. The Labute approximate surface area is 212 Å². The first-order chi connectivity index (χ1) is 16.9. The second-order valence-corrected chi connectivity index (χ2v) is 10.9. The molecule has 1 aromatic heterocycles. The molecule has 2 heterocycles. The van der Waals surface area contributed by atoms with E-state index < -0.39 is 10.0 Å². The first kappa shape index (κ1) is 23.3. The van der Waals surface area contributed by atoms with Gasteiger partial charge in [0, 0.05) is 16.3 Å². The van der Waals surface area contributed by atoms with Crippen molar-refractivity contribution in [3.05, 3.63) is 95.6 Å². The summed E-state index contributed by atoms with van der Waals surface area (Å²) in [6, 6.07) is 23.5. The van der Waals surface area contributed by atoms with E-state index in [4.69, 9.17) is 11.6 Å². The molecule has 7 nitrogen and oxygen atoms in total. The molecule has 10 heteroatoms. The summed E-state index contributed by atoms with van der Waals surface area (Å²) in [6.07, 6.45) is 1.31. The minimum absolute atomic E-state index is 0.0151. The van der Waals surface area contributed by atoms with E-state index in [1.54, 1.807) is 30.3 Å². The number of rotatable bonds is 6. The number of fused-ring (bicyclic) bond motifs is 3. The van der Waals surface area contributed by atoms with Gasteiger partial charge in [-0.3, -0.25) is 9.10 Å². The average Bonchev–Trinajstić information content (AvgIpc) is 2.86. The Hall–Kier alpha value is -3.40. The second kappa shape index (κ2) is 9.69. The van der Waals surface area contributed by atoms with Crippen LogP contribution < -0.4 is 9.62 Å². The number of aromatic nitrogens is 2. The maximum Gasteiger partial charge on any atom is 0.268 e. The summed E-state index contributed by atoms with van der Waals surface area (Å²) >= 11 is 7.38. The molecule has 0 radical (unpaired) electrons. The molecule has 35 heavy (non-hydrogen) atoms. The predicted molar refractivity (Wildman–Crippen MR) is 138 cm³/mol. The largest absolute Gasteiger partial charge is 0.325 e. The Morgan fingerprint density at radius 2 is 1.71 bits per heavy atom. The number of sulfonamides is 1. The summed E-state index contributed by atoms with van der Waals surface area (Å²) in [5.41, 5.74) is 2.91. The first-order valence-corrected chi connectivity index (χ1v) is 13.4. The minimum Gasteiger partial charge on any atom is -0.325 e. The summed E-state index contributed by atoms with van der Waals surface area (Å²) in [6.45, 7) is 0.145. The zero-order valence-corrected chi connectivity index (χ0v) is 20.6. The van der Waals surface area contributed by atoms with E-state index in [-0.39, 0.29) is 23.1 Å². The minimum atomic E-state index is -3.94. The molecule has 0 bridgehead atoms. The van der Waals surface area contributed by atoms with Crippen LogP contribution in [-0.2, 0) is 21.4 Å². The molecule has 4 aromatic rings.